The second-order valence-corrected chi connectivity index (χ2v) is 8.53. The van der Waals surface area contributed by atoms with Gasteiger partial charge in [-0.2, -0.15) is 13.2 Å². The Bertz CT molecular complexity index is 747. The number of methoxy groups -OCH3 is 1. The molecule has 3 atom stereocenters. The quantitative estimate of drug-likeness (QED) is 0.753. The lowest BCUT2D eigenvalue weighted by molar-refractivity contribution is -0.154. The summed E-state index contributed by atoms with van der Waals surface area (Å²) in [5.74, 6) is -1.44. The normalized spacial score (nSPS) is 25.3. The van der Waals surface area contributed by atoms with Crippen LogP contribution in [0.15, 0.2) is 6.07 Å². The molecule has 5 nitrogen and oxygen atoms in total. The Balaban J connectivity index is 1.89. The Labute approximate surface area is 167 Å². The van der Waals surface area contributed by atoms with Crippen molar-refractivity contribution in [2.45, 2.75) is 63.6 Å². The van der Waals surface area contributed by atoms with Crippen molar-refractivity contribution in [2.24, 2.45) is 0 Å². The molecule has 0 aromatic heterocycles. The fourth-order valence-electron chi connectivity index (χ4n) is 4.06. The van der Waals surface area contributed by atoms with Crippen molar-refractivity contribution < 1.29 is 36.9 Å². The summed E-state index contributed by atoms with van der Waals surface area (Å²) in [5, 5.41) is 10.6. The first-order chi connectivity index (χ1) is 13.4. The third-order valence-electron chi connectivity index (χ3n) is 5.19. The van der Waals surface area contributed by atoms with Gasteiger partial charge >= 0.3 is 6.18 Å². The van der Waals surface area contributed by atoms with Crippen LogP contribution in [0.25, 0.3) is 0 Å². The van der Waals surface area contributed by atoms with Gasteiger partial charge in [0, 0.05) is 19.1 Å². The van der Waals surface area contributed by atoms with Crippen LogP contribution in [0, 0.1) is 5.82 Å². The Morgan fingerprint density at radius 3 is 2.52 bits per heavy atom. The van der Waals surface area contributed by atoms with Gasteiger partial charge in [-0.25, -0.2) is 4.39 Å². The zero-order chi connectivity index (χ0) is 21.6. The Morgan fingerprint density at radius 1 is 1.24 bits per heavy atom. The summed E-state index contributed by atoms with van der Waals surface area (Å²) >= 11 is 0. The van der Waals surface area contributed by atoms with E-state index in [1.54, 1.807) is 0 Å². The van der Waals surface area contributed by atoms with Gasteiger partial charge < -0.3 is 19.3 Å². The summed E-state index contributed by atoms with van der Waals surface area (Å²) in [6.45, 7) is 5.15. The smallest absolute Gasteiger partial charge is 0.422 e. The molecule has 0 bridgehead atoms. The highest BCUT2D eigenvalue weighted by Crippen LogP contribution is 2.44. The molecule has 1 N–H and O–H groups in total. The molecule has 1 saturated heterocycles. The zero-order valence-corrected chi connectivity index (χ0v) is 17.0. The molecule has 0 amide bonds. The van der Waals surface area contributed by atoms with Crippen molar-refractivity contribution in [3.63, 3.8) is 0 Å². The maximum absolute atomic E-state index is 15.1. The molecular formula is C20H27F4NO4. The molecule has 1 aromatic rings. The van der Waals surface area contributed by atoms with E-state index in [9.17, 15) is 18.3 Å². The minimum Gasteiger partial charge on any atom is -0.493 e. The van der Waals surface area contributed by atoms with Crippen LogP contribution in [0.1, 0.15) is 44.4 Å². The van der Waals surface area contributed by atoms with E-state index in [4.69, 9.17) is 14.2 Å². The highest BCUT2D eigenvalue weighted by Gasteiger charge is 2.42. The minimum atomic E-state index is -4.58. The average molecular weight is 421 g/mol. The van der Waals surface area contributed by atoms with Crippen LogP contribution in [0.2, 0.25) is 0 Å². The van der Waals surface area contributed by atoms with Crippen LogP contribution in [0.4, 0.5) is 17.6 Å². The lowest BCUT2D eigenvalue weighted by Gasteiger charge is -2.46. The first kappa shape index (κ1) is 22.1. The molecule has 3 rings (SSSR count). The van der Waals surface area contributed by atoms with E-state index in [-0.39, 0.29) is 17.9 Å². The number of fused-ring (bicyclic) bond motifs is 3. The molecule has 0 spiro atoms. The number of halogens is 4. The van der Waals surface area contributed by atoms with Gasteiger partial charge in [0.05, 0.1) is 24.9 Å². The van der Waals surface area contributed by atoms with E-state index in [2.05, 4.69) is 4.90 Å². The maximum atomic E-state index is 15.1. The fourth-order valence-corrected chi connectivity index (χ4v) is 4.06. The molecule has 29 heavy (non-hydrogen) atoms. The van der Waals surface area contributed by atoms with Gasteiger partial charge in [0.15, 0.2) is 23.9 Å². The van der Waals surface area contributed by atoms with Gasteiger partial charge in [-0.1, -0.05) is 0 Å². The molecule has 2 aliphatic heterocycles. The number of hydrogen-bond donors (Lipinski definition) is 1. The molecule has 2 heterocycles. The molecule has 0 unspecified atom stereocenters. The summed E-state index contributed by atoms with van der Waals surface area (Å²) in [4.78, 5) is 2.11. The summed E-state index contributed by atoms with van der Waals surface area (Å²) in [5.41, 5.74) is 0.511. The molecule has 0 aliphatic carbocycles. The summed E-state index contributed by atoms with van der Waals surface area (Å²) in [6.07, 6.45) is -5.04. The molecular weight excluding hydrogens is 394 g/mol. The fraction of sp³-hybridized carbons (Fsp3) is 0.700. The van der Waals surface area contributed by atoms with Crippen molar-refractivity contribution in [3.05, 3.63) is 23.0 Å². The predicted molar refractivity (Wildman–Crippen MR) is 97.8 cm³/mol. The third-order valence-corrected chi connectivity index (χ3v) is 5.19. The largest absolute Gasteiger partial charge is 0.493 e. The van der Waals surface area contributed by atoms with Crippen LogP contribution < -0.4 is 9.47 Å². The molecule has 2 aliphatic rings. The van der Waals surface area contributed by atoms with E-state index < -0.39 is 36.1 Å². The van der Waals surface area contributed by atoms with Gasteiger partial charge in [0.1, 0.15) is 0 Å². The van der Waals surface area contributed by atoms with E-state index in [0.29, 0.717) is 37.1 Å². The number of nitrogens with zero attached hydrogens (tertiary/aromatic N) is 1. The number of benzene rings is 1. The second kappa shape index (κ2) is 7.92. The van der Waals surface area contributed by atoms with Gasteiger partial charge in [-0.15, -0.1) is 0 Å². The Hall–Kier alpha value is -1.58. The second-order valence-electron chi connectivity index (χ2n) is 8.53. The lowest BCUT2D eigenvalue weighted by atomic mass is 9.84. The summed E-state index contributed by atoms with van der Waals surface area (Å²) < 4.78 is 68.4. The van der Waals surface area contributed by atoms with E-state index in [0.717, 1.165) is 0 Å². The third kappa shape index (κ3) is 4.95. The lowest BCUT2D eigenvalue weighted by Crippen LogP contribution is -2.53. The molecule has 0 radical (unpaired) electrons. The van der Waals surface area contributed by atoms with Gasteiger partial charge in [-0.3, -0.25) is 4.90 Å². The average Bonchev–Trinajstić information content (AvgIpc) is 2.59. The number of rotatable bonds is 4. The molecule has 9 heteroatoms. The van der Waals surface area contributed by atoms with Crippen molar-refractivity contribution in [1.82, 2.24) is 4.90 Å². The molecule has 1 fully saturated rings. The van der Waals surface area contributed by atoms with Crippen LogP contribution >= 0.6 is 0 Å². The number of hydrogen-bond acceptors (Lipinski definition) is 5. The topological polar surface area (TPSA) is 51.2 Å². The van der Waals surface area contributed by atoms with Crippen molar-refractivity contribution in [1.29, 1.82) is 0 Å². The van der Waals surface area contributed by atoms with Gasteiger partial charge in [-0.05, 0) is 50.8 Å². The van der Waals surface area contributed by atoms with Crippen LogP contribution in [0.5, 0.6) is 11.5 Å². The van der Waals surface area contributed by atoms with E-state index in [1.165, 1.54) is 13.2 Å². The number of alkyl halides is 3. The first-order valence-electron chi connectivity index (χ1n) is 9.58. The van der Waals surface area contributed by atoms with Gasteiger partial charge in [0.2, 0.25) is 0 Å². The van der Waals surface area contributed by atoms with Gasteiger partial charge in [0.25, 0.3) is 0 Å². The van der Waals surface area contributed by atoms with Crippen LogP contribution in [-0.2, 0) is 11.2 Å². The number of piperidine rings is 1. The minimum absolute atomic E-state index is 0.0881. The molecule has 164 valence electrons. The number of ether oxygens (including phenoxy) is 3. The van der Waals surface area contributed by atoms with Crippen molar-refractivity contribution in [2.75, 3.05) is 26.8 Å². The van der Waals surface area contributed by atoms with E-state index >= 15 is 4.39 Å². The standard InChI is InChI=1S/C20H27F4NO4/c1-19(2,3)29-16-9-25-6-5-11-12(13(25)8-14(16)26)7-15(27-4)18(17(11)21)28-10-20(22,23)24/h7,13-14,16,26H,5-6,8-10H2,1-4H3/t13-,14-,16-/m1/s1. The molecule has 1 aromatic carbocycles. The first-order valence-corrected chi connectivity index (χ1v) is 9.58. The highest BCUT2D eigenvalue weighted by atomic mass is 19.4. The summed E-state index contributed by atoms with van der Waals surface area (Å²) in [6, 6.07) is 1.26. The highest BCUT2D eigenvalue weighted by molar-refractivity contribution is 5.51. The van der Waals surface area contributed by atoms with E-state index in [1.807, 2.05) is 20.8 Å². The number of aliphatic hydroxyl groups excluding tert-OH is 1. The molecule has 0 saturated carbocycles. The van der Waals surface area contributed by atoms with Crippen molar-refractivity contribution in [3.8, 4) is 11.5 Å². The Kier molecular flexibility index (Phi) is 6.04. The van der Waals surface area contributed by atoms with Crippen LogP contribution in [0.3, 0.4) is 0 Å². The Morgan fingerprint density at radius 2 is 1.93 bits per heavy atom. The number of aliphatic hydroxyl groups is 1. The summed E-state index contributed by atoms with van der Waals surface area (Å²) in [7, 11) is 1.26. The van der Waals surface area contributed by atoms with Crippen molar-refractivity contribution >= 4 is 0 Å². The monoisotopic (exact) mass is 421 g/mol. The predicted octanol–water partition coefficient (Wildman–Crippen LogP) is 3.62. The van der Waals surface area contributed by atoms with Crippen LogP contribution in [-0.4, -0.2) is 60.8 Å². The maximum Gasteiger partial charge on any atom is 0.422 e. The zero-order valence-electron chi connectivity index (χ0n) is 17.0. The SMILES string of the molecule is COc1cc2c(c(F)c1OCC(F)(F)F)CCN1C[C@@H](OC(C)(C)C)[C@H](O)C[C@H]21.